The molecule has 9 amide bonds. The molecule has 0 unspecified atom stereocenters. The molecule has 0 bridgehead atoms. The Bertz CT molecular complexity index is 1830. The molecule has 28 nitrogen and oxygen atoms in total. The van der Waals surface area contributed by atoms with Gasteiger partial charge in [-0.1, -0.05) is 0 Å². The number of hydrogen-bond donors (Lipinski definition) is 15. The van der Waals surface area contributed by atoms with Crippen LogP contribution in [0.15, 0.2) is 4.99 Å². The molecule has 0 radical (unpaired) electrons. The normalized spacial score (nSPS) is 17.1. The summed E-state index contributed by atoms with van der Waals surface area (Å²) >= 11 is 0. The summed E-state index contributed by atoms with van der Waals surface area (Å²) in [7, 11) is 0. The Hall–Kier alpha value is -6.68. The third kappa shape index (κ3) is 21.3. The summed E-state index contributed by atoms with van der Waals surface area (Å²) in [5, 5.41) is 47.3. The van der Waals surface area contributed by atoms with E-state index >= 15 is 0 Å². The molecule has 28 heteroatoms. The van der Waals surface area contributed by atoms with E-state index < -0.39 is 145 Å². The molecule has 0 aromatic carbocycles. The molecule has 0 aromatic heterocycles. The van der Waals surface area contributed by atoms with Crippen LogP contribution in [0.25, 0.3) is 0 Å². The van der Waals surface area contributed by atoms with Crippen LogP contribution < -0.4 is 65.5 Å². The minimum absolute atomic E-state index is 0.0123. The number of likely N-dealkylation sites (tertiary alicyclic amines) is 1. The first kappa shape index (κ1) is 59.3. The fourth-order valence-electron chi connectivity index (χ4n) is 6.56. The van der Waals surface area contributed by atoms with E-state index in [2.05, 4.69) is 47.5 Å². The van der Waals surface area contributed by atoms with Crippen LogP contribution in [-0.2, 0) is 52.7 Å². The van der Waals surface area contributed by atoms with Crippen molar-refractivity contribution >= 4 is 71.1 Å². The number of aliphatic hydroxyl groups is 1. The van der Waals surface area contributed by atoms with E-state index in [1.165, 1.54) is 32.6 Å². The number of rotatable bonds is 30. The average molecular weight is 971 g/mol. The number of carboxylic acids is 2. The Morgan fingerprint density at radius 2 is 1.15 bits per heavy atom. The molecule has 0 aromatic rings. The van der Waals surface area contributed by atoms with Gasteiger partial charge >= 0.3 is 11.9 Å². The van der Waals surface area contributed by atoms with E-state index in [4.69, 9.17) is 22.9 Å². The van der Waals surface area contributed by atoms with E-state index in [1.54, 1.807) is 0 Å². The number of aliphatic imine (C=N–C) groups is 1. The summed E-state index contributed by atoms with van der Waals surface area (Å²) in [5.74, 6) is -10.5. The number of hydrogen-bond acceptors (Lipinski definition) is 15. The second-order valence-corrected chi connectivity index (χ2v) is 16.4. The molecule has 10 atom stereocenters. The number of nitrogens with zero attached hydrogens (tertiary/aromatic N) is 2. The summed E-state index contributed by atoms with van der Waals surface area (Å²) in [6, 6.07) is -11.6. The average Bonchev–Trinajstić information content (AvgIpc) is 3.75. The fourth-order valence-corrected chi connectivity index (χ4v) is 6.56. The molecule has 384 valence electrons. The van der Waals surface area contributed by atoms with E-state index in [1.807, 2.05) is 0 Å². The van der Waals surface area contributed by atoms with Gasteiger partial charge in [0.1, 0.15) is 42.3 Å². The lowest BCUT2D eigenvalue weighted by atomic mass is 10.1. The second kappa shape index (κ2) is 29.9. The van der Waals surface area contributed by atoms with Crippen molar-refractivity contribution in [3.05, 3.63) is 0 Å². The van der Waals surface area contributed by atoms with E-state index in [0.29, 0.717) is 32.2 Å². The molecule has 1 rings (SSSR count). The number of nitrogens with one attached hydrogen (secondary N) is 8. The SMILES string of the molecule is C[C@H](N)C(=O)N1CCC[C@H]1C(=O)NCC(=O)N[C@@H](CCC(=O)O)C(=O)N[C@@H](C)C(=O)N[C@@H](CCCN=C(N)N)C(=O)N[C@@H](CCCCN)C(=O)N[C@@H](C)C(=O)N[C@@H](C)C(=O)N[C@H](C(=O)O)[C@@H](C)O. The highest BCUT2D eigenvalue weighted by Gasteiger charge is 2.36. The summed E-state index contributed by atoms with van der Waals surface area (Å²) < 4.78 is 0. The molecule has 1 aliphatic rings. The van der Waals surface area contributed by atoms with Crippen LogP contribution in [0.2, 0.25) is 0 Å². The van der Waals surface area contributed by atoms with Gasteiger partial charge in [-0.05, 0) is 92.5 Å². The zero-order valence-electron chi connectivity index (χ0n) is 39.0. The van der Waals surface area contributed by atoms with Gasteiger partial charge in [0.2, 0.25) is 53.2 Å². The standard InChI is InChI=1S/C40H70N14O14/c1-19(42)38(66)54-17-9-12-27(54)37(65)46-18-28(56)50-26(13-14-29(57)58)35(63)49-21(3)32(60)51-25(11-8-16-45-40(43)44)36(64)52-24(10-6-7-15-41)34(62)48-20(2)31(59)47-22(4)33(61)53-30(23(5)55)39(67)68/h19-27,30,55H,6-18,41-42H2,1-5H3,(H,46,65)(H,47,59)(H,48,62)(H,49,63)(H,50,56)(H,51,60)(H,52,64)(H,53,61)(H,57,58)(H,67,68)(H4,43,44,45)/t19-,20-,21-,22-,23+,24-,25-,26-,27-,30-/m0/s1. The van der Waals surface area contributed by atoms with Gasteiger partial charge in [0.25, 0.3) is 0 Å². The Morgan fingerprint density at radius 1 is 0.662 bits per heavy atom. The van der Waals surface area contributed by atoms with Crippen molar-refractivity contribution in [1.29, 1.82) is 0 Å². The molecule has 19 N–H and O–H groups in total. The minimum atomic E-state index is -1.66. The van der Waals surface area contributed by atoms with Crippen LogP contribution in [0, 0.1) is 0 Å². The Kier molecular flexibility index (Phi) is 26.1. The molecule has 0 saturated carbocycles. The highest BCUT2D eigenvalue weighted by atomic mass is 16.4. The maximum Gasteiger partial charge on any atom is 0.328 e. The number of carbonyl (C=O) groups is 11. The molecule has 1 saturated heterocycles. The number of amides is 9. The molecule has 0 aliphatic carbocycles. The van der Waals surface area contributed by atoms with Crippen molar-refractivity contribution in [2.24, 2.45) is 27.9 Å². The van der Waals surface area contributed by atoms with Gasteiger partial charge in [-0.15, -0.1) is 0 Å². The Morgan fingerprint density at radius 3 is 1.65 bits per heavy atom. The third-order valence-electron chi connectivity index (χ3n) is 10.4. The van der Waals surface area contributed by atoms with Crippen LogP contribution in [0.4, 0.5) is 0 Å². The van der Waals surface area contributed by atoms with Crippen LogP contribution in [0.5, 0.6) is 0 Å². The van der Waals surface area contributed by atoms with Crippen molar-refractivity contribution in [3.8, 4) is 0 Å². The number of unbranched alkanes of at least 4 members (excludes halogenated alkanes) is 1. The number of nitrogens with two attached hydrogens (primary N) is 4. The first-order chi connectivity index (χ1) is 31.8. The number of guanidine groups is 1. The second-order valence-electron chi connectivity index (χ2n) is 16.4. The van der Waals surface area contributed by atoms with Gasteiger partial charge < -0.3 is 85.7 Å². The van der Waals surface area contributed by atoms with Crippen molar-refractivity contribution in [3.63, 3.8) is 0 Å². The first-order valence-electron chi connectivity index (χ1n) is 22.1. The van der Waals surface area contributed by atoms with Gasteiger partial charge in [-0.2, -0.15) is 0 Å². The van der Waals surface area contributed by atoms with Crippen LogP contribution >= 0.6 is 0 Å². The molecular formula is C40H70N14O14. The molecular weight excluding hydrogens is 901 g/mol. The third-order valence-corrected chi connectivity index (χ3v) is 10.4. The summed E-state index contributed by atoms with van der Waals surface area (Å²) in [6.07, 6.45) is -0.827. The Balaban J connectivity index is 3.14. The van der Waals surface area contributed by atoms with Gasteiger partial charge in [0, 0.05) is 19.5 Å². The van der Waals surface area contributed by atoms with Crippen molar-refractivity contribution < 1.29 is 68.1 Å². The quantitative estimate of drug-likeness (QED) is 0.0181. The summed E-state index contributed by atoms with van der Waals surface area (Å²) in [5.41, 5.74) is 22.2. The minimum Gasteiger partial charge on any atom is -0.481 e. The Labute approximate surface area is 393 Å². The maximum absolute atomic E-state index is 13.8. The van der Waals surface area contributed by atoms with Crippen molar-refractivity contribution in [2.75, 3.05) is 26.2 Å². The fraction of sp³-hybridized carbons (Fsp3) is 0.700. The predicted molar refractivity (Wildman–Crippen MR) is 241 cm³/mol. The lowest BCUT2D eigenvalue weighted by molar-refractivity contribution is -0.145. The number of aliphatic hydroxyl groups excluding tert-OH is 1. The summed E-state index contributed by atoms with van der Waals surface area (Å²) in [4.78, 5) is 146. The van der Waals surface area contributed by atoms with Crippen LogP contribution in [-0.4, -0.2) is 178 Å². The van der Waals surface area contributed by atoms with Crippen LogP contribution in [0.3, 0.4) is 0 Å². The molecule has 1 heterocycles. The molecule has 1 fully saturated rings. The lowest BCUT2D eigenvalue weighted by Gasteiger charge is -2.26. The molecule has 0 spiro atoms. The number of aliphatic carboxylic acids is 2. The van der Waals surface area contributed by atoms with Gasteiger partial charge in [-0.3, -0.25) is 52.9 Å². The zero-order valence-corrected chi connectivity index (χ0v) is 39.0. The van der Waals surface area contributed by atoms with Crippen LogP contribution in [0.1, 0.15) is 92.4 Å². The van der Waals surface area contributed by atoms with E-state index in [-0.39, 0.29) is 38.3 Å². The number of carboxylic acid groups (broad SMARTS) is 2. The van der Waals surface area contributed by atoms with Gasteiger partial charge in [0.05, 0.1) is 18.7 Å². The highest BCUT2D eigenvalue weighted by Crippen LogP contribution is 2.18. The molecule has 1 aliphatic heterocycles. The van der Waals surface area contributed by atoms with E-state index in [9.17, 15) is 68.1 Å². The molecule has 68 heavy (non-hydrogen) atoms. The maximum atomic E-state index is 13.8. The highest BCUT2D eigenvalue weighted by molar-refractivity contribution is 5.98. The lowest BCUT2D eigenvalue weighted by Crippen LogP contribution is -2.59. The van der Waals surface area contributed by atoms with Crippen molar-refractivity contribution in [1.82, 2.24) is 47.4 Å². The van der Waals surface area contributed by atoms with Crippen molar-refractivity contribution in [2.45, 2.75) is 153 Å². The zero-order chi connectivity index (χ0) is 51.8. The van der Waals surface area contributed by atoms with E-state index in [0.717, 1.165) is 6.92 Å². The summed E-state index contributed by atoms with van der Waals surface area (Å²) in [6.45, 7) is 6.30. The van der Waals surface area contributed by atoms with Gasteiger partial charge in [0.15, 0.2) is 12.0 Å². The topological polar surface area (TPSA) is 464 Å². The smallest absolute Gasteiger partial charge is 0.328 e. The largest absolute Gasteiger partial charge is 0.481 e. The van der Waals surface area contributed by atoms with Gasteiger partial charge in [-0.25, -0.2) is 4.79 Å². The number of carbonyl (C=O) groups excluding carboxylic acids is 9. The monoisotopic (exact) mass is 971 g/mol. The predicted octanol–water partition coefficient (Wildman–Crippen LogP) is -6.59. The first-order valence-corrected chi connectivity index (χ1v) is 22.1.